The molecule has 1 aliphatic carbocycles. The number of benzene rings is 1. The third-order valence-electron chi connectivity index (χ3n) is 3.81. The van der Waals surface area contributed by atoms with Crippen LogP contribution in [-0.4, -0.2) is 27.2 Å². The molecule has 5 heteroatoms. The zero-order valence-electron chi connectivity index (χ0n) is 11.8. The minimum atomic E-state index is -0.924. The SMILES string of the molecule is O=C(O)c1ccc(OCCn2cnc3c2CCCC3)cc1. The van der Waals surface area contributed by atoms with E-state index < -0.39 is 5.97 Å². The predicted molar refractivity (Wildman–Crippen MR) is 77.8 cm³/mol. The molecular formula is C16H18N2O3. The van der Waals surface area contributed by atoms with Gasteiger partial charge in [0.2, 0.25) is 0 Å². The molecule has 0 aliphatic heterocycles. The molecule has 5 nitrogen and oxygen atoms in total. The van der Waals surface area contributed by atoms with E-state index in [4.69, 9.17) is 9.84 Å². The van der Waals surface area contributed by atoms with E-state index in [0.717, 1.165) is 19.4 Å². The molecule has 0 bridgehead atoms. The van der Waals surface area contributed by atoms with Gasteiger partial charge >= 0.3 is 5.97 Å². The van der Waals surface area contributed by atoms with E-state index in [0.29, 0.717) is 12.4 Å². The Hall–Kier alpha value is -2.30. The Morgan fingerprint density at radius 1 is 1.24 bits per heavy atom. The first-order valence-corrected chi connectivity index (χ1v) is 7.23. The van der Waals surface area contributed by atoms with Crippen LogP contribution in [0.3, 0.4) is 0 Å². The number of rotatable bonds is 5. The average Bonchev–Trinajstić information content (AvgIpc) is 2.91. The van der Waals surface area contributed by atoms with Crippen molar-refractivity contribution < 1.29 is 14.6 Å². The molecule has 0 saturated heterocycles. The van der Waals surface area contributed by atoms with Crippen LogP contribution in [0.1, 0.15) is 34.6 Å². The average molecular weight is 286 g/mol. The third-order valence-corrected chi connectivity index (χ3v) is 3.81. The molecule has 1 aromatic heterocycles. The van der Waals surface area contributed by atoms with Gasteiger partial charge in [-0.25, -0.2) is 9.78 Å². The van der Waals surface area contributed by atoms with Crippen molar-refractivity contribution in [1.82, 2.24) is 9.55 Å². The van der Waals surface area contributed by atoms with Crippen molar-refractivity contribution in [3.8, 4) is 5.75 Å². The van der Waals surface area contributed by atoms with Gasteiger partial charge < -0.3 is 14.4 Å². The fraction of sp³-hybridized carbons (Fsp3) is 0.375. The lowest BCUT2D eigenvalue weighted by atomic mass is 10.0. The van der Waals surface area contributed by atoms with Crippen LogP contribution in [0.15, 0.2) is 30.6 Å². The van der Waals surface area contributed by atoms with Gasteiger partial charge in [-0.2, -0.15) is 0 Å². The number of imidazole rings is 1. The number of aromatic nitrogens is 2. The summed E-state index contributed by atoms with van der Waals surface area (Å²) in [6.07, 6.45) is 6.54. The van der Waals surface area contributed by atoms with E-state index in [1.165, 1.54) is 24.2 Å². The normalized spacial score (nSPS) is 13.7. The summed E-state index contributed by atoms with van der Waals surface area (Å²) in [5.41, 5.74) is 2.84. The molecule has 110 valence electrons. The Morgan fingerprint density at radius 3 is 2.76 bits per heavy atom. The van der Waals surface area contributed by atoms with Crippen molar-refractivity contribution in [3.05, 3.63) is 47.5 Å². The maximum Gasteiger partial charge on any atom is 0.335 e. The van der Waals surface area contributed by atoms with Crippen LogP contribution in [0.2, 0.25) is 0 Å². The molecule has 1 heterocycles. The number of carboxylic acid groups (broad SMARTS) is 1. The molecule has 0 unspecified atom stereocenters. The third kappa shape index (κ3) is 3.07. The summed E-state index contributed by atoms with van der Waals surface area (Å²) in [7, 11) is 0. The van der Waals surface area contributed by atoms with E-state index in [1.807, 2.05) is 6.33 Å². The van der Waals surface area contributed by atoms with E-state index in [1.54, 1.807) is 24.3 Å². The quantitative estimate of drug-likeness (QED) is 0.917. The summed E-state index contributed by atoms with van der Waals surface area (Å²) >= 11 is 0. The van der Waals surface area contributed by atoms with Gasteiger partial charge in [-0.05, 0) is 49.9 Å². The maximum absolute atomic E-state index is 10.8. The Morgan fingerprint density at radius 2 is 2.00 bits per heavy atom. The summed E-state index contributed by atoms with van der Waals surface area (Å²) in [4.78, 5) is 15.2. The number of hydrogen-bond donors (Lipinski definition) is 1. The van der Waals surface area contributed by atoms with Crippen molar-refractivity contribution in [2.24, 2.45) is 0 Å². The van der Waals surface area contributed by atoms with Crippen LogP contribution in [0.25, 0.3) is 0 Å². The number of carboxylic acids is 1. The van der Waals surface area contributed by atoms with Gasteiger partial charge in [0.25, 0.3) is 0 Å². The monoisotopic (exact) mass is 286 g/mol. The molecule has 3 rings (SSSR count). The highest BCUT2D eigenvalue weighted by molar-refractivity contribution is 5.87. The number of aryl methyl sites for hydroxylation is 1. The van der Waals surface area contributed by atoms with Crippen LogP contribution in [0, 0.1) is 0 Å². The topological polar surface area (TPSA) is 64.3 Å². The highest BCUT2D eigenvalue weighted by Crippen LogP contribution is 2.20. The van der Waals surface area contributed by atoms with Crippen molar-refractivity contribution >= 4 is 5.97 Å². The zero-order valence-corrected chi connectivity index (χ0v) is 11.8. The summed E-state index contributed by atoms with van der Waals surface area (Å²) in [6, 6.07) is 6.48. The lowest BCUT2D eigenvalue weighted by Gasteiger charge is -2.14. The summed E-state index contributed by atoms with van der Waals surface area (Å²) < 4.78 is 7.83. The number of nitrogens with zero attached hydrogens (tertiary/aromatic N) is 2. The van der Waals surface area contributed by atoms with Crippen LogP contribution in [-0.2, 0) is 19.4 Å². The van der Waals surface area contributed by atoms with Crippen LogP contribution < -0.4 is 4.74 Å². The van der Waals surface area contributed by atoms with Crippen molar-refractivity contribution in [2.75, 3.05) is 6.61 Å². The van der Waals surface area contributed by atoms with Crippen LogP contribution in [0.4, 0.5) is 0 Å². The molecule has 2 aromatic rings. The molecule has 0 radical (unpaired) electrons. The highest BCUT2D eigenvalue weighted by Gasteiger charge is 2.14. The van der Waals surface area contributed by atoms with Gasteiger partial charge in [0.1, 0.15) is 12.4 Å². The largest absolute Gasteiger partial charge is 0.492 e. The Balaban J connectivity index is 1.56. The number of fused-ring (bicyclic) bond motifs is 1. The molecule has 1 N–H and O–H groups in total. The smallest absolute Gasteiger partial charge is 0.335 e. The van der Waals surface area contributed by atoms with Gasteiger partial charge in [-0.3, -0.25) is 0 Å². The Kier molecular flexibility index (Phi) is 3.90. The van der Waals surface area contributed by atoms with E-state index in [9.17, 15) is 4.79 Å². The molecule has 1 aromatic carbocycles. The second kappa shape index (κ2) is 5.99. The van der Waals surface area contributed by atoms with Gasteiger partial charge in [-0.1, -0.05) is 0 Å². The molecule has 0 amide bonds. The number of aromatic carboxylic acids is 1. The minimum Gasteiger partial charge on any atom is -0.492 e. The first-order valence-electron chi connectivity index (χ1n) is 7.23. The van der Waals surface area contributed by atoms with Crippen molar-refractivity contribution in [1.29, 1.82) is 0 Å². The summed E-state index contributed by atoms with van der Waals surface area (Å²) in [6.45, 7) is 1.32. The highest BCUT2D eigenvalue weighted by atomic mass is 16.5. The zero-order chi connectivity index (χ0) is 14.7. The molecule has 0 saturated carbocycles. The molecule has 0 fully saturated rings. The number of carbonyl (C=O) groups is 1. The predicted octanol–water partition coefficient (Wildman–Crippen LogP) is 2.54. The lowest BCUT2D eigenvalue weighted by molar-refractivity contribution is 0.0697. The van der Waals surface area contributed by atoms with Crippen LogP contribution in [0.5, 0.6) is 5.75 Å². The number of ether oxygens (including phenoxy) is 1. The summed E-state index contributed by atoms with van der Waals surface area (Å²) in [5, 5.41) is 8.84. The van der Waals surface area contributed by atoms with Crippen molar-refractivity contribution in [3.63, 3.8) is 0 Å². The van der Waals surface area contributed by atoms with E-state index in [2.05, 4.69) is 9.55 Å². The maximum atomic E-state index is 10.8. The standard InChI is InChI=1S/C16H18N2O3/c19-16(20)12-5-7-13(8-6-12)21-10-9-18-11-17-14-3-1-2-4-15(14)18/h5-8,11H,1-4,9-10H2,(H,19,20). The van der Waals surface area contributed by atoms with Gasteiger partial charge in [0.05, 0.1) is 24.1 Å². The second-order valence-corrected chi connectivity index (χ2v) is 5.22. The first kappa shape index (κ1) is 13.7. The number of hydrogen-bond acceptors (Lipinski definition) is 3. The Bertz CT molecular complexity index is 631. The van der Waals surface area contributed by atoms with E-state index in [-0.39, 0.29) is 5.56 Å². The second-order valence-electron chi connectivity index (χ2n) is 5.22. The molecule has 0 spiro atoms. The van der Waals surface area contributed by atoms with Gasteiger partial charge in [0.15, 0.2) is 0 Å². The molecule has 1 aliphatic rings. The summed E-state index contributed by atoms with van der Waals surface area (Å²) in [5.74, 6) is -0.236. The molecular weight excluding hydrogens is 268 g/mol. The fourth-order valence-corrected chi connectivity index (χ4v) is 2.68. The Labute approximate surface area is 123 Å². The lowest BCUT2D eigenvalue weighted by Crippen LogP contribution is -2.12. The van der Waals surface area contributed by atoms with Gasteiger partial charge in [-0.15, -0.1) is 0 Å². The van der Waals surface area contributed by atoms with Crippen molar-refractivity contribution in [2.45, 2.75) is 32.2 Å². The van der Waals surface area contributed by atoms with Gasteiger partial charge in [0, 0.05) is 5.69 Å². The first-order chi connectivity index (χ1) is 10.2. The molecule has 21 heavy (non-hydrogen) atoms. The molecule has 0 atom stereocenters. The fourth-order valence-electron chi connectivity index (χ4n) is 2.68. The van der Waals surface area contributed by atoms with Crippen LogP contribution >= 0.6 is 0 Å². The minimum absolute atomic E-state index is 0.269. The van der Waals surface area contributed by atoms with E-state index >= 15 is 0 Å².